The van der Waals surface area contributed by atoms with Crippen molar-refractivity contribution in [2.75, 3.05) is 52.7 Å². The van der Waals surface area contributed by atoms with Crippen LogP contribution in [0.25, 0.3) is 0 Å². The van der Waals surface area contributed by atoms with E-state index < -0.39 is 0 Å². The lowest BCUT2D eigenvalue weighted by Gasteiger charge is -2.12. The van der Waals surface area contributed by atoms with E-state index in [1.165, 1.54) is 0 Å². The number of amides is 2. The number of carbonyl (C=O) groups is 3. The van der Waals surface area contributed by atoms with E-state index in [0.717, 1.165) is 25.7 Å². The number of rotatable bonds is 19. The van der Waals surface area contributed by atoms with Gasteiger partial charge in [-0.25, -0.2) is 0 Å². The summed E-state index contributed by atoms with van der Waals surface area (Å²) in [4.78, 5) is 34.6. The van der Waals surface area contributed by atoms with Crippen LogP contribution in [0, 0.1) is 5.92 Å². The summed E-state index contributed by atoms with van der Waals surface area (Å²) >= 11 is 0. The summed E-state index contributed by atoms with van der Waals surface area (Å²) in [5.41, 5.74) is 0. The van der Waals surface area contributed by atoms with Gasteiger partial charge in [-0.1, -0.05) is 20.3 Å². The van der Waals surface area contributed by atoms with Gasteiger partial charge in [-0.3, -0.25) is 14.4 Å². The van der Waals surface area contributed by atoms with Gasteiger partial charge in [0.1, 0.15) is 19.0 Å². The molecule has 0 aromatic rings. The van der Waals surface area contributed by atoms with Crippen LogP contribution in [0.15, 0.2) is 0 Å². The van der Waals surface area contributed by atoms with Gasteiger partial charge in [0.15, 0.2) is 0 Å². The highest BCUT2D eigenvalue weighted by Crippen LogP contribution is 2.14. The molecule has 0 fully saturated rings. The largest absolute Gasteiger partial charge is 0.377 e. The van der Waals surface area contributed by atoms with Crippen LogP contribution in [0.4, 0.5) is 0 Å². The number of unbranched alkanes of at least 4 members (excludes halogenated alkanes) is 1. The van der Waals surface area contributed by atoms with E-state index >= 15 is 0 Å². The van der Waals surface area contributed by atoms with Gasteiger partial charge in [-0.05, 0) is 26.2 Å². The molecule has 2 amide bonds. The average molecular weight is 403 g/mol. The zero-order valence-electron chi connectivity index (χ0n) is 17.7. The topological polar surface area (TPSA) is 103 Å². The second-order valence-electron chi connectivity index (χ2n) is 6.42. The Morgan fingerprint density at radius 2 is 1.43 bits per heavy atom. The summed E-state index contributed by atoms with van der Waals surface area (Å²) in [6, 6.07) is 0. The summed E-state index contributed by atoms with van der Waals surface area (Å²) in [5.74, 6) is 0.164. The highest BCUT2D eigenvalue weighted by molar-refractivity contribution is 5.80. The Kier molecular flexibility index (Phi) is 17.8. The Hall–Kier alpha value is -1.51. The summed E-state index contributed by atoms with van der Waals surface area (Å²) in [7, 11) is 0. The van der Waals surface area contributed by atoms with Crippen LogP contribution in [0.2, 0.25) is 0 Å². The Labute approximate surface area is 169 Å². The number of ketones is 1. The number of nitrogens with one attached hydrogen (secondary N) is 2. The van der Waals surface area contributed by atoms with Crippen LogP contribution in [-0.2, 0) is 28.6 Å². The van der Waals surface area contributed by atoms with E-state index in [-0.39, 0.29) is 30.9 Å². The fourth-order valence-electron chi connectivity index (χ4n) is 2.57. The predicted octanol–water partition coefficient (Wildman–Crippen LogP) is 1.46. The van der Waals surface area contributed by atoms with Crippen molar-refractivity contribution < 1.29 is 28.6 Å². The van der Waals surface area contributed by atoms with E-state index in [4.69, 9.17) is 14.2 Å². The van der Waals surface area contributed by atoms with Gasteiger partial charge in [-0.2, -0.15) is 0 Å². The monoisotopic (exact) mass is 402 g/mol. The highest BCUT2D eigenvalue weighted by atomic mass is 16.5. The molecule has 0 bridgehead atoms. The van der Waals surface area contributed by atoms with E-state index in [9.17, 15) is 14.4 Å². The second kappa shape index (κ2) is 18.8. The normalized spacial score (nSPS) is 11.8. The van der Waals surface area contributed by atoms with Gasteiger partial charge in [-0.15, -0.1) is 0 Å². The third-order valence-electron chi connectivity index (χ3n) is 4.21. The fraction of sp³-hybridized carbons (Fsp3) is 0.850. The molecule has 0 saturated heterocycles. The van der Waals surface area contributed by atoms with Gasteiger partial charge in [0.2, 0.25) is 11.8 Å². The number of carbonyl (C=O) groups excluding carboxylic acids is 3. The lowest BCUT2D eigenvalue weighted by molar-refractivity contribution is -0.127. The minimum absolute atomic E-state index is 0.000355. The number of Topliss-reactive ketones (excluding diaryl/α,β-unsaturated/α-hetero) is 1. The van der Waals surface area contributed by atoms with Crippen LogP contribution in [0.3, 0.4) is 0 Å². The minimum Gasteiger partial charge on any atom is -0.377 e. The fourth-order valence-corrected chi connectivity index (χ4v) is 2.57. The Balaban J connectivity index is 3.44. The van der Waals surface area contributed by atoms with Crippen molar-refractivity contribution in [3.63, 3.8) is 0 Å². The van der Waals surface area contributed by atoms with Crippen molar-refractivity contribution in [3.05, 3.63) is 0 Å². The molecule has 0 aromatic carbocycles. The molecule has 0 spiro atoms. The SMILES string of the molecule is CCOCC(=O)NCCOCCOCC(=O)NCCCC[C@H](CC)C(=O)CC. The standard InChI is InChI=1S/C20H38N2O6/c1-4-17(18(23)5-2)9-7-8-10-21-20(25)16-28-14-13-27-12-11-22-19(24)15-26-6-3/h17H,4-16H2,1-3H3,(H,21,25)(H,22,24)/t17-/m0/s1. The maximum atomic E-state index is 11.7. The molecule has 8 heteroatoms. The summed E-state index contributed by atoms with van der Waals surface area (Å²) in [6.45, 7) is 8.40. The molecule has 28 heavy (non-hydrogen) atoms. The summed E-state index contributed by atoms with van der Waals surface area (Å²) < 4.78 is 15.5. The molecule has 0 aliphatic carbocycles. The molecule has 0 rings (SSSR count). The van der Waals surface area contributed by atoms with Crippen molar-refractivity contribution in [2.24, 2.45) is 5.92 Å². The molecular weight excluding hydrogens is 364 g/mol. The van der Waals surface area contributed by atoms with Crippen molar-refractivity contribution in [1.82, 2.24) is 10.6 Å². The van der Waals surface area contributed by atoms with Crippen molar-refractivity contribution >= 4 is 17.6 Å². The third-order valence-corrected chi connectivity index (χ3v) is 4.21. The highest BCUT2D eigenvalue weighted by Gasteiger charge is 2.13. The van der Waals surface area contributed by atoms with Crippen LogP contribution >= 0.6 is 0 Å². The number of hydrogen-bond acceptors (Lipinski definition) is 6. The molecule has 0 aromatic heterocycles. The van der Waals surface area contributed by atoms with Crippen molar-refractivity contribution in [1.29, 1.82) is 0 Å². The van der Waals surface area contributed by atoms with Crippen LogP contribution in [0.1, 0.15) is 52.9 Å². The maximum absolute atomic E-state index is 11.7. The molecule has 0 unspecified atom stereocenters. The summed E-state index contributed by atoms with van der Waals surface area (Å²) in [5, 5.41) is 5.48. The molecule has 0 aliphatic heterocycles. The van der Waals surface area contributed by atoms with E-state index in [1.54, 1.807) is 0 Å². The molecular formula is C20H38N2O6. The molecule has 2 N–H and O–H groups in total. The third kappa shape index (κ3) is 15.5. The van der Waals surface area contributed by atoms with E-state index in [0.29, 0.717) is 51.7 Å². The lowest BCUT2D eigenvalue weighted by atomic mass is 9.93. The van der Waals surface area contributed by atoms with Gasteiger partial charge in [0.05, 0.1) is 19.8 Å². The maximum Gasteiger partial charge on any atom is 0.246 e. The van der Waals surface area contributed by atoms with Crippen molar-refractivity contribution in [2.45, 2.75) is 52.9 Å². The van der Waals surface area contributed by atoms with Gasteiger partial charge < -0.3 is 24.8 Å². The molecule has 8 nitrogen and oxygen atoms in total. The molecule has 0 radical (unpaired) electrons. The first-order valence-corrected chi connectivity index (χ1v) is 10.3. The van der Waals surface area contributed by atoms with Crippen LogP contribution in [0.5, 0.6) is 0 Å². The van der Waals surface area contributed by atoms with Gasteiger partial charge in [0, 0.05) is 32.0 Å². The number of hydrogen-bond donors (Lipinski definition) is 2. The first-order chi connectivity index (χ1) is 13.5. The number of ether oxygens (including phenoxy) is 3. The first kappa shape index (κ1) is 26.5. The Morgan fingerprint density at radius 3 is 2.07 bits per heavy atom. The minimum atomic E-state index is -0.166. The van der Waals surface area contributed by atoms with Gasteiger partial charge >= 0.3 is 0 Å². The molecule has 0 heterocycles. The van der Waals surface area contributed by atoms with E-state index in [1.807, 2.05) is 20.8 Å². The Morgan fingerprint density at radius 1 is 0.786 bits per heavy atom. The average Bonchev–Trinajstić information content (AvgIpc) is 2.70. The van der Waals surface area contributed by atoms with Crippen LogP contribution < -0.4 is 10.6 Å². The molecule has 1 atom stereocenters. The molecule has 0 saturated carbocycles. The quantitative estimate of drug-likeness (QED) is 0.317. The molecule has 164 valence electrons. The Bertz CT molecular complexity index is 431. The first-order valence-electron chi connectivity index (χ1n) is 10.3. The van der Waals surface area contributed by atoms with Crippen LogP contribution in [-0.4, -0.2) is 70.3 Å². The van der Waals surface area contributed by atoms with E-state index in [2.05, 4.69) is 10.6 Å². The smallest absolute Gasteiger partial charge is 0.246 e. The zero-order chi connectivity index (χ0) is 21.0. The zero-order valence-corrected chi connectivity index (χ0v) is 17.7. The van der Waals surface area contributed by atoms with Crippen molar-refractivity contribution in [3.8, 4) is 0 Å². The second-order valence-corrected chi connectivity index (χ2v) is 6.42. The van der Waals surface area contributed by atoms with Gasteiger partial charge in [0.25, 0.3) is 0 Å². The lowest BCUT2D eigenvalue weighted by Crippen LogP contribution is -2.31. The predicted molar refractivity (Wildman–Crippen MR) is 107 cm³/mol. The summed E-state index contributed by atoms with van der Waals surface area (Å²) in [6.07, 6.45) is 4.16. The molecule has 0 aliphatic rings.